The van der Waals surface area contributed by atoms with Gasteiger partial charge in [0.15, 0.2) is 0 Å². The van der Waals surface area contributed by atoms with E-state index in [1.807, 2.05) is 24.3 Å². The third kappa shape index (κ3) is 6.72. The van der Waals surface area contributed by atoms with Crippen LogP contribution in [0.1, 0.15) is 45.8 Å². The van der Waals surface area contributed by atoms with E-state index in [4.69, 9.17) is 27.9 Å². The van der Waals surface area contributed by atoms with Gasteiger partial charge in [0.1, 0.15) is 10.6 Å². The van der Waals surface area contributed by atoms with E-state index in [0.29, 0.717) is 25.4 Å². The first-order valence-corrected chi connectivity index (χ1v) is 15.3. The highest BCUT2D eigenvalue weighted by molar-refractivity contribution is 9.10. The number of carbonyl (C=O) groups excluding carboxylic acids is 1. The van der Waals surface area contributed by atoms with Gasteiger partial charge in [0.2, 0.25) is 10.0 Å². The SMILES string of the molecule is COc1ccc(CCNS(=O)(=O)c2cc(C(=O)N3CCC(c4ccc(Br)c(C)c4)CC3)c(Cl)cc2Cl)cc1. The standard InChI is InChI=1S/C28H29BrCl2N2O4S/c1-18-15-21(5-8-24(18)29)20-10-13-33(14-11-20)28(34)23-16-27(26(31)17-25(23)30)38(35,36)32-12-9-19-3-6-22(37-2)7-4-19/h3-8,15-17,20,32H,9-14H2,1-2H3. The molecule has 0 aromatic heterocycles. The van der Waals surface area contributed by atoms with Gasteiger partial charge in [-0.2, -0.15) is 0 Å². The second-order valence-corrected chi connectivity index (χ2v) is 12.7. The smallest absolute Gasteiger partial charge is 0.255 e. The Bertz CT molecular complexity index is 1420. The Morgan fingerprint density at radius 1 is 1.05 bits per heavy atom. The van der Waals surface area contributed by atoms with Gasteiger partial charge >= 0.3 is 0 Å². The van der Waals surface area contributed by atoms with Gasteiger partial charge < -0.3 is 9.64 Å². The molecule has 10 heteroatoms. The lowest BCUT2D eigenvalue weighted by molar-refractivity contribution is 0.0713. The van der Waals surface area contributed by atoms with Crippen molar-refractivity contribution in [3.8, 4) is 5.75 Å². The minimum Gasteiger partial charge on any atom is -0.497 e. The van der Waals surface area contributed by atoms with Crippen LogP contribution >= 0.6 is 39.1 Å². The number of carbonyl (C=O) groups is 1. The summed E-state index contributed by atoms with van der Waals surface area (Å²) in [5, 5.41) is 0.0932. The van der Waals surface area contributed by atoms with Crippen molar-refractivity contribution in [2.24, 2.45) is 0 Å². The monoisotopic (exact) mass is 638 g/mol. The minimum absolute atomic E-state index is 0.0344. The maximum absolute atomic E-state index is 13.4. The van der Waals surface area contributed by atoms with Gasteiger partial charge in [0, 0.05) is 24.1 Å². The van der Waals surface area contributed by atoms with E-state index in [9.17, 15) is 13.2 Å². The van der Waals surface area contributed by atoms with Gasteiger partial charge in [-0.3, -0.25) is 4.79 Å². The Balaban J connectivity index is 1.43. The number of ether oxygens (including phenoxy) is 1. The summed E-state index contributed by atoms with van der Waals surface area (Å²) >= 11 is 16.2. The summed E-state index contributed by atoms with van der Waals surface area (Å²) in [5.74, 6) is 0.788. The first-order valence-electron chi connectivity index (χ1n) is 12.3. The average molecular weight is 640 g/mol. The van der Waals surface area contributed by atoms with Gasteiger partial charge in [-0.05, 0) is 79.1 Å². The highest BCUT2D eigenvalue weighted by atomic mass is 79.9. The topological polar surface area (TPSA) is 75.7 Å². The molecular weight excluding hydrogens is 611 g/mol. The number of hydrogen-bond acceptors (Lipinski definition) is 4. The number of nitrogens with one attached hydrogen (secondary N) is 1. The molecule has 6 nitrogen and oxygen atoms in total. The molecule has 0 atom stereocenters. The number of nitrogens with zero attached hydrogens (tertiary/aromatic N) is 1. The fourth-order valence-corrected chi connectivity index (χ4v) is 6.74. The van der Waals surface area contributed by atoms with Crippen LogP contribution in [-0.4, -0.2) is 46.0 Å². The summed E-state index contributed by atoms with van der Waals surface area (Å²) in [6, 6.07) is 16.4. The normalized spacial score (nSPS) is 14.5. The average Bonchev–Trinajstić information content (AvgIpc) is 2.90. The lowest BCUT2D eigenvalue weighted by Gasteiger charge is -2.32. The molecule has 202 valence electrons. The zero-order chi connectivity index (χ0) is 27.4. The number of rotatable bonds is 8. The molecule has 3 aromatic rings. The molecule has 1 heterocycles. The summed E-state index contributed by atoms with van der Waals surface area (Å²) in [5.41, 5.74) is 3.52. The molecule has 3 aromatic carbocycles. The van der Waals surface area contributed by atoms with E-state index in [-0.39, 0.29) is 33.0 Å². The van der Waals surface area contributed by atoms with Crippen molar-refractivity contribution in [1.29, 1.82) is 0 Å². The van der Waals surface area contributed by atoms with E-state index >= 15 is 0 Å². The molecular formula is C28H29BrCl2N2O4S. The van der Waals surface area contributed by atoms with Crippen LogP contribution in [0.25, 0.3) is 0 Å². The van der Waals surface area contributed by atoms with E-state index in [2.05, 4.69) is 45.8 Å². The molecule has 1 aliphatic rings. The first kappa shape index (κ1) is 28.9. The highest BCUT2D eigenvalue weighted by Crippen LogP contribution is 2.33. The number of hydrogen-bond donors (Lipinski definition) is 1. The van der Waals surface area contributed by atoms with Crippen molar-refractivity contribution >= 4 is 55.1 Å². The Kier molecular flexibility index (Phi) is 9.42. The van der Waals surface area contributed by atoms with Crippen LogP contribution in [-0.2, 0) is 16.4 Å². The minimum atomic E-state index is -3.97. The Hall–Kier alpha value is -2.10. The second kappa shape index (κ2) is 12.4. The van der Waals surface area contributed by atoms with Crippen LogP contribution in [0.5, 0.6) is 5.75 Å². The van der Waals surface area contributed by atoms with E-state index in [1.165, 1.54) is 23.3 Å². The largest absolute Gasteiger partial charge is 0.497 e. The Labute approximate surface area is 242 Å². The second-order valence-electron chi connectivity index (χ2n) is 9.33. The molecule has 1 aliphatic heterocycles. The lowest BCUT2D eigenvalue weighted by atomic mass is 9.88. The number of halogens is 3. The third-order valence-electron chi connectivity index (χ3n) is 6.84. The van der Waals surface area contributed by atoms with Crippen molar-refractivity contribution in [3.05, 3.63) is 91.4 Å². The van der Waals surface area contributed by atoms with Gasteiger partial charge in [-0.1, -0.05) is 63.4 Å². The van der Waals surface area contributed by atoms with Crippen molar-refractivity contribution in [1.82, 2.24) is 9.62 Å². The van der Waals surface area contributed by atoms with Crippen LogP contribution in [0.3, 0.4) is 0 Å². The number of sulfonamides is 1. The van der Waals surface area contributed by atoms with Gasteiger partial charge in [-0.15, -0.1) is 0 Å². The van der Waals surface area contributed by atoms with Crippen LogP contribution in [0, 0.1) is 6.92 Å². The lowest BCUT2D eigenvalue weighted by Crippen LogP contribution is -2.38. The summed E-state index contributed by atoms with van der Waals surface area (Å²) in [6.07, 6.45) is 2.11. The molecule has 0 saturated carbocycles. The van der Waals surface area contributed by atoms with E-state index in [1.54, 1.807) is 12.0 Å². The molecule has 0 unspecified atom stereocenters. The van der Waals surface area contributed by atoms with E-state index < -0.39 is 10.0 Å². The summed E-state index contributed by atoms with van der Waals surface area (Å²) in [6.45, 7) is 3.34. The zero-order valence-electron chi connectivity index (χ0n) is 21.1. The van der Waals surface area contributed by atoms with Gasteiger partial charge in [-0.25, -0.2) is 13.1 Å². The Morgan fingerprint density at radius 3 is 2.37 bits per heavy atom. The first-order chi connectivity index (χ1) is 18.1. The number of likely N-dealkylation sites (tertiary alicyclic amines) is 1. The van der Waals surface area contributed by atoms with Crippen LogP contribution < -0.4 is 9.46 Å². The predicted octanol–water partition coefficient (Wildman–Crippen LogP) is 6.61. The molecule has 0 spiro atoms. The van der Waals surface area contributed by atoms with Crippen LogP contribution in [0.2, 0.25) is 10.0 Å². The maximum atomic E-state index is 13.4. The number of benzene rings is 3. The number of piperidine rings is 1. The molecule has 0 bridgehead atoms. The summed E-state index contributed by atoms with van der Waals surface area (Å²) < 4.78 is 34.9. The van der Waals surface area contributed by atoms with Gasteiger partial charge in [0.05, 0.1) is 22.7 Å². The molecule has 1 saturated heterocycles. The quantitative estimate of drug-likeness (QED) is 0.301. The highest BCUT2D eigenvalue weighted by Gasteiger charge is 2.28. The molecule has 1 amide bonds. The summed E-state index contributed by atoms with van der Waals surface area (Å²) in [4.78, 5) is 14.9. The molecule has 0 aliphatic carbocycles. The summed E-state index contributed by atoms with van der Waals surface area (Å²) in [7, 11) is -2.38. The third-order valence-corrected chi connectivity index (χ3v) is 9.97. The number of amides is 1. The van der Waals surface area contributed by atoms with Crippen molar-refractivity contribution in [2.75, 3.05) is 26.7 Å². The van der Waals surface area contributed by atoms with Gasteiger partial charge in [0.25, 0.3) is 5.91 Å². The molecule has 1 fully saturated rings. The molecule has 38 heavy (non-hydrogen) atoms. The van der Waals surface area contributed by atoms with Crippen molar-refractivity contribution in [3.63, 3.8) is 0 Å². The maximum Gasteiger partial charge on any atom is 0.255 e. The zero-order valence-corrected chi connectivity index (χ0v) is 25.1. The molecule has 1 N–H and O–H groups in total. The number of methoxy groups -OCH3 is 1. The Morgan fingerprint density at radius 2 is 1.74 bits per heavy atom. The van der Waals surface area contributed by atoms with E-state index in [0.717, 1.165) is 28.6 Å². The number of aryl methyl sites for hydroxylation is 1. The predicted molar refractivity (Wildman–Crippen MR) is 155 cm³/mol. The fraction of sp³-hybridized carbons (Fsp3) is 0.321. The molecule has 4 rings (SSSR count). The van der Waals surface area contributed by atoms with Crippen LogP contribution in [0.15, 0.2) is 64.0 Å². The molecule has 0 radical (unpaired) electrons. The fourth-order valence-electron chi connectivity index (χ4n) is 4.61. The van der Waals surface area contributed by atoms with Crippen molar-refractivity contribution in [2.45, 2.75) is 37.0 Å². The van der Waals surface area contributed by atoms with Crippen LogP contribution in [0.4, 0.5) is 0 Å². The van der Waals surface area contributed by atoms with Crippen molar-refractivity contribution < 1.29 is 17.9 Å².